The minimum atomic E-state index is -0.222. The van der Waals surface area contributed by atoms with Gasteiger partial charge in [-0.05, 0) is 50.1 Å². The van der Waals surface area contributed by atoms with Crippen molar-refractivity contribution in [3.63, 3.8) is 0 Å². The minimum absolute atomic E-state index is 0.222. The zero-order chi connectivity index (χ0) is 23.9. The molecule has 0 aliphatic heterocycles. The van der Waals surface area contributed by atoms with Gasteiger partial charge in [-0.25, -0.2) is 4.98 Å². The highest BCUT2D eigenvalue weighted by Crippen LogP contribution is 2.21. The molecule has 0 radical (unpaired) electrons. The van der Waals surface area contributed by atoms with E-state index < -0.39 is 0 Å². The maximum absolute atomic E-state index is 11.7. The van der Waals surface area contributed by atoms with Crippen molar-refractivity contribution >= 4 is 23.2 Å². The van der Waals surface area contributed by atoms with Crippen LogP contribution in [-0.2, 0) is 29.1 Å². The fourth-order valence-corrected chi connectivity index (χ4v) is 3.77. The molecule has 34 heavy (non-hydrogen) atoms. The van der Waals surface area contributed by atoms with Gasteiger partial charge in [0.1, 0.15) is 23.2 Å². The van der Waals surface area contributed by atoms with Crippen LogP contribution in [-0.4, -0.2) is 38.3 Å². The first kappa shape index (κ1) is 23.6. The van der Waals surface area contributed by atoms with E-state index in [2.05, 4.69) is 10.1 Å². The summed E-state index contributed by atoms with van der Waals surface area (Å²) in [4.78, 5) is 16.2. The number of carbonyl (C=O) groups is 1. The SMILES string of the molecule is CCOC(=O)CCc1cn(Cc2ccc(OCc3cn4c(Cl)cccc4n3)cc2)nc1OCC. The summed E-state index contributed by atoms with van der Waals surface area (Å²) in [6, 6.07) is 13.4. The molecular weight excluding hydrogens is 456 g/mol. The summed E-state index contributed by atoms with van der Waals surface area (Å²) in [6.45, 7) is 5.52. The lowest BCUT2D eigenvalue weighted by Gasteiger charge is -2.06. The molecule has 4 rings (SSSR count). The molecule has 0 bridgehead atoms. The van der Waals surface area contributed by atoms with Crippen molar-refractivity contribution in [2.24, 2.45) is 0 Å². The van der Waals surface area contributed by atoms with Gasteiger partial charge in [0.25, 0.3) is 0 Å². The Balaban J connectivity index is 1.36. The van der Waals surface area contributed by atoms with E-state index in [-0.39, 0.29) is 5.97 Å². The number of rotatable bonds is 11. The largest absolute Gasteiger partial charge is 0.487 e. The zero-order valence-electron chi connectivity index (χ0n) is 19.2. The molecule has 1 aromatic carbocycles. The van der Waals surface area contributed by atoms with Crippen molar-refractivity contribution in [2.45, 2.75) is 39.8 Å². The molecule has 0 aliphatic carbocycles. The van der Waals surface area contributed by atoms with Gasteiger partial charge in [0.15, 0.2) is 0 Å². The summed E-state index contributed by atoms with van der Waals surface area (Å²) in [5, 5.41) is 5.14. The van der Waals surface area contributed by atoms with Crippen molar-refractivity contribution < 1.29 is 19.0 Å². The number of aromatic nitrogens is 4. The Morgan fingerprint density at radius 3 is 2.59 bits per heavy atom. The van der Waals surface area contributed by atoms with Crippen LogP contribution < -0.4 is 9.47 Å². The van der Waals surface area contributed by atoms with Gasteiger partial charge in [-0.2, -0.15) is 0 Å². The van der Waals surface area contributed by atoms with Crippen LogP contribution in [0.1, 0.15) is 37.1 Å². The molecule has 0 aliphatic rings. The summed E-state index contributed by atoms with van der Waals surface area (Å²) in [7, 11) is 0. The maximum atomic E-state index is 11.7. The molecule has 9 heteroatoms. The molecule has 0 saturated carbocycles. The van der Waals surface area contributed by atoms with E-state index >= 15 is 0 Å². The fourth-order valence-electron chi connectivity index (χ4n) is 3.56. The van der Waals surface area contributed by atoms with Crippen LogP contribution in [0.25, 0.3) is 5.65 Å². The van der Waals surface area contributed by atoms with Gasteiger partial charge in [0, 0.05) is 24.4 Å². The molecule has 0 saturated heterocycles. The third-order valence-electron chi connectivity index (χ3n) is 5.13. The normalized spacial score (nSPS) is 11.0. The van der Waals surface area contributed by atoms with E-state index in [9.17, 15) is 4.79 Å². The fraction of sp³-hybridized carbons (Fsp3) is 0.320. The molecule has 0 unspecified atom stereocenters. The standard InChI is InChI=1S/C25H27ClN4O4/c1-3-32-24(31)13-10-19-15-29(28-25(19)33-4-2)14-18-8-11-21(12-9-18)34-17-20-16-30-22(26)6-5-7-23(30)27-20/h5-9,11-12,15-16H,3-4,10,13-14,17H2,1-2H3. The predicted molar refractivity (Wildman–Crippen MR) is 128 cm³/mol. The van der Waals surface area contributed by atoms with Gasteiger partial charge in [0.2, 0.25) is 5.88 Å². The number of aryl methyl sites for hydroxylation is 1. The number of imidazole rings is 1. The summed E-state index contributed by atoms with van der Waals surface area (Å²) in [5.41, 5.74) is 3.54. The summed E-state index contributed by atoms with van der Waals surface area (Å²) >= 11 is 6.19. The lowest BCUT2D eigenvalue weighted by molar-refractivity contribution is -0.143. The topological polar surface area (TPSA) is 79.9 Å². The van der Waals surface area contributed by atoms with Crippen LogP contribution in [0.3, 0.4) is 0 Å². The molecule has 3 heterocycles. The van der Waals surface area contributed by atoms with Crippen LogP contribution >= 0.6 is 11.6 Å². The molecular formula is C25H27ClN4O4. The predicted octanol–water partition coefficient (Wildman–Crippen LogP) is 4.71. The molecule has 0 N–H and O–H groups in total. The van der Waals surface area contributed by atoms with Crippen molar-refractivity contribution in [1.82, 2.24) is 19.2 Å². The Bertz CT molecular complexity index is 1250. The van der Waals surface area contributed by atoms with Gasteiger partial charge >= 0.3 is 5.97 Å². The second-order valence-corrected chi connectivity index (χ2v) is 8.02. The highest BCUT2D eigenvalue weighted by molar-refractivity contribution is 6.29. The van der Waals surface area contributed by atoms with Crippen molar-refractivity contribution in [3.8, 4) is 11.6 Å². The lowest BCUT2D eigenvalue weighted by Crippen LogP contribution is -2.05. The molecule has 0 spiro atoms. The highest BCUT2D eigenvalue weighted by atomic mass is 35.5. The van der Waals surface area contributed by atoms with E-state index in [0.717, 1.165) is 28.2 Å². The van der Waals surface area contributed by atoms with Crippen molar-refractivity contribution in [3.05, 3.63) is 76.8 Å². The van der Waals surface area contributed by atoms with Gasteiger partial charge in [-0.3, -0.25) is 13.9 Å². The first-order chi connectivity index (χ1) is 16.6. The second kappa shape index (κ2) is 11.1. The summed E-state index contributed by atoms with van der Waals surface area (Å²) in [6.07, 6.45) is 4.61. The Hall–Kier alpha value is -3.52. The van der Waals surface area contributed by atoms with Gasteiger partial charge < -0.3 is 14.2 Å². The number of benzene rings is 1. The molecule has 0 fully saturated rings. The Morgan fingerprint density at radius 1 is 1.03 bits per heavy atom. The smallest absolute Gasteiger partial charge is 0.306 e. The van der Waals surface area contributed by atoms with Gasteiger partial charge in [-0.1, -0.05) is 29.8 Å². The molecule has 0 atom stereocenters. The number of pyridine rings is 1. The molecule has 8 nitrogen and oxygen atoms in total. The quantitative estimate of drug-likeness (QED) is 0.227. The van der Waals surface area contributed by atoms with Crippen molar-refractivity contribution in [2.75, 3.05) is 13.2 Å². The second-order valence-electron chi connectivity index (χ2n) is 7.64. The number of esters is 1. The average Bonchev–Trinajstić information content (AvgIpc) is 3.42. The molecule has 3 aromatic heterocycles. The number of fused-ring (bicyclic) bond motifs is 1. The zero-order valence-corrected chi connectivity index (χ0v) is 20.0. The van der Waals surface area contributed by atoms with Crippen LogP contribution in [0.2, 0.25) is 5.15 Å². The van der Waals surface area contributed by atoms with Crippen LogP contribution in [0, 0.1) is 0 Å². The Labute approximate surface area is 203 Å². The van der Waals surface area contributed by atoms with Gasteiger partial charge in [-0.15, -0.1) is 5.10 Å². The van der Waals surface area contributed by atoms with Crippen LogP contribution in [0.5, 0.6) is 11.6 Å². The number of ether oxygens (including phenoxy) is 3. The maximum Gasteiger partial charge on any atom is 0.306 e. The highest BCUT2D eigenvalue weighted by Gasteiger charge is 2.13. The number of hydrogen-bond acceptors (Lipinski definition) is 6. The first-order valence-electron chi connectivity index (χ1n) is 11.2. The minimum Gasteiger partial charge on any atom is -0.487 e. The van der Waals surface area contributed by atoms with Gasteiger partial charge in [0.05, 0.1) is 25.5 Å². The van der Waals surface area contributed by atoms with E-state index in [1.165, 1.54) is 0 Å². The van der Waals surface area contributed by atoms with E-state index in [4.69, 9.17) is 25.8 Å². The third-order valence-corrected chi connectivity index (χ3v) is 5.44. The van der Waals surface area contributed by atoms with E-state index in [1.807, 2.05) is 70.9 Å². The van der Waals surface area contributed by atoms with Crippen LogP contribution in [0.15, 0.2) is 54.9 Å². The molecule has 0 amide bonds. The first-order valence-corrected chi connectivity index (χ1v) is 11.6. The number of nitrogens with zero attached hydrogens (tertiary/aromatic N) is 4. The summed E-state index contributed by atoms with van der Waals surface area (Å²) in [5.74, 6) is 1.08. The molecule has 178 valence electrons. The van der Waals surface area contributed by atoms with Crippen LogP contribution in [0.4, 0.5) is 0 Å². The third kappa shape index (κ3) is 5.88. The van der Waals surface area contributed by atoms with Crippen molar-refractivity contribution in [1.29, 1.82) is 0 Å². The number of halogens is 1. The average molecular weight is 483 g/mol. The number of carbonyl (C=O) groups excluding carboxylic acids is 1. The Morgan fingerprint density at radius 2 is 1.85 bits per heavy atom. The Kier molecular flexibility index (Phi) is 7.69. The monoisotopic (exact) mass is 482 g/mol. The lowest BCUT2D eigenvalue weighted by atomic mass is 10.2. The van der Waals surface area contributed by atoms with E-state index in [0.29, 0.717) is 50.2 Å². The number of hydrogen-bond donors (Lipinski definition) is 0. The molecule has 4 aromatic rings. The summed E-state index contributed by atoms with van der Waals surface area (Å²) < 4.78 is 20.2. The van der Waals surface area contributed by atoms with E-state index in [1.54, 1.807) is 6.92 Å².